The summed E-state index contributed by atoms with van der Waals surface area (Å²) in [6, 6.07) is 44.9. The van der Waals surface area contributed by atoms with Crippen molar-refractivity contribution in [1.29, 1.82) is 0 Å². The predicted octanol–water partition coefficient (Wildman–Crippen LogP) is 25.9. The van der Waals surface area contributed by atoms with Crippen LogP contribution in [0.3, 0.4) is 0 Å². The second-order valence-corrected chi connectivity index (χ2v) is 42.6. The second kappa shape index (κ2) is 42.1. The van der Waals surface area contributed by atoms with Crippen molar-refractivity contribution in [2.24, 2.45) is 5.92 Å². The summed E-state index contributed by atoms with van der Waals surface area (Å²) in [7, 11) is 1.60. The molecular weight excluding hydrogens is 1740 g/mol. The van der Waals surface area contributed by atoms with Gasteiger partial charge in [-0.15, -0.1) is 0 Å². The summed E-state index contributed by atoms with van der Waals surface area (Å²) >= 11 is 0. The molecular formula is C118H146O20. The summed E-state index contributed by atoms with van der Waals surface area (Å²) in [5.41, 5.74) is 18.4. The second-order valence-electron chi connectivity index (χ2n) is 42.6. The van der Waals surface area contributed by atoms with Gasteiger partial charge >= 0.3 is 0 Å². The van der Waals surface area contributed by atoms with E-state index in [4.69, 9.17) is 71.1 Å². The van der Waals surface area contributed by atoms with Gasteiger partial charge in [-0.3, -0.25) is 0 Å². The molecule has 20 heteroatoms. The first-order chi connectivity index (χ1) is 66.0. The molecule has 138 heavy (non-hydrogen) atoms. The molecule has 0 amide bonds. The molecule has 0 saturated heterocycles. The van der Waals surface area contributed by atoms with Gasteiger partial charge in [0.1, 0.15) is 143 Å². The highest BCUT2D eigenvalue weighted by atomic mass is 16.5. The predicted molar refractivity (Wildman–Crippen MR) is 541 cm³/mol. The van der Waals surface area contributed by atoms with E-state index in [0.29, 0.717) is 82.6 Å². The maximum Gasteiger partial charge on any atom is 0.129 e. The molecule has 0 fully saturated rings. The number of hydrogen-bond donors (Lipinski definition) is 5. The Labute approximate surface area is 817 Å². The Morgan fingerprint density at radius 1 is 0.312 bits per heavy atom. The number of phenolic OH excluding ortho intramolecular Hbond substituents is 5. The number of aromatic hydroxyl groups is 5. The zero-order valence-electron chi connectivity index (χ0n) is 84.6. The lowest BCUT2D eigenvalue weighted by Crippen LogP contribution is -2.33. The summed E-state index contributed by atoms with van der Waals surface area (Å²) in [6.45, 7) is 41.5. The van der Waals surface area contributed by atoms with Crippen LogP contribution in [0.4, 0.5) is 0 Å². The van der Waals surface area contributed by atoms with Crippen molar-refractivity contribution in [3.05, 3.63) is 234 Å². The van der Waals surface area contributed by atoms with Crippen molar-refractivity contribution >= 4 is 0 Å². The Morgan fingerprint density at radius 2 is 0.601 bits per heavy atom. The van der Waals surface area contributed by atoms with Gasteiger partial charge in [0.15, 0.2) is 0 Å². The molecule has 20 rings (SSSR count). The molecule has 10 aromatic carbocycles. The zero-order chi connectivity index (χ0) is 97.7. The number of benzene rings is 10. The Morgan fingerprint density at radius 3 is 0.913 bits per heavy atom. The van der Waals surface area contributed by atoms with Gasteiger partial charge in [-0.25, -0.2) is 0 Å². The van der Waals surface area contributed by atoms with Crippen LogP contribution >= 0.6 is 0 Å². The number of ether oxygens (including phenoxy) is 15. The van der Waals surface area contributed by atoms with E-state index in [2.05, 4.69) is 159 Å². The number of methoxy groups -OCH3 is 1. The molecule has 0 spiro atoms. The number of fused-ring (bicyclic) bond motifs is 15. The first-order valence-electron chi connectivity index (χ1n) is 50.5. The van der Waals surface area contributed by atoms with Crippen molar-refractivity contribution in [3.63, 3.8) is 0 Å². The van der Waals surface area contributed by atoms with Crippen LogP contribution in [0.1, 0.15) is 292 Å². The van der Waals surface area contributed by atoms with Crippen molar-refractivity contribution in [1.82, 2.24) is 0 Å². The number of hydrogen-bond acceptors (Lipinski definition) is 20. The number of aryl methyl sites for hydroxylation is 2. The smallest absolute Gasteiger partial charge is 0.129 e. The Kier molecular flexibility index (Phi) is 30.3. The molecule has 10 aliphatic rings. The van der Waals surface area contributed by atoms with E-state index < -0.39 is 0 Å². The molecule has 0 saturated carbocycles. The summed E-state index contributed by atoms with van der Waals surface area (Å²) < 4.78 is 89.7. The Bertz CT molecular complexity index is 5990. The molecule has 0 radical (unpaired) electrons. The zero-order valence-corrected chi connectivity index (χ0v) is 84.6. The molecule has 0 bridgehead atoms. The summed E-state index contributed by atoms with van der Waals surface area (Å²) in [4.78, 5) is 0. The number of unbranched alkanes of at least 4 members (excludes halogenated alkanes) is 2. The number of rotatable bonds is 20. The molecule has 10 aromatic rings. The largest absolute Gasteiger partial charge is 0.508 e. The van der Waals surface area contributed by atoms with E-state index >= 15 is 0 Å². The highest BCUT2D eigenvalue weighted by Crippen LogP contribution is 2.54. The van der Waals surface area contributed by atoms with Crippen molar-refractivity contribution in [3.8, 4) is 115 Å². The van der Waals surface area contributed by atoms with Gasteiger partial charge in [-0.05, 0) is 311 Å². The third-order valence-electron chi connectivity index (χ3n) is 28.7. The summed E-state index contributed by atoms with van der Waals surface area (Å²) in [5, 5.41) is 52.5. The first kappa shape index (κ1) is 99.2. The van der Waals surface area contributed by atoms with Crippen LogP contribution in [0, 0.1) is 19.8 Å². The van der Waals surface area contributed by atoms with Gasteiger partial charge in [0, 0.05) is 116 Å². The molecule has 738 valence electrons. The minimum atomic E-state index is -0.127. The van der Waals surface area contributed by atoms with Crippen LogP contribution in [0.25, 0.3) is 0 Å². The third kappa shape index (κ3) is 23.2. The monoisotopic (exact) mass is 1880 g/mol. The standard InChI is InChI=1S/2C25H32O4.C24H30O4.C23H28O4.C21H24O4/c1-16(2)10-12-27-19-6-7-20(22(26)14-19)18-13-17-5-8-23-21(24(17)28-15-18)9-11-25(3,4)29-23;1-4-5-6-13-27-19-8-9-20(22(26)15-19)18-14-17-7-10-23-21(24(17)28-16-18)11-12-25(2,3)29-23;1-5-10-26-17-6-7-18(21(25)13-17)16-12-20-15(2)11-22-19(23(20)27-14-16)8-9-24(3,4)28-22;1-5-25-16-6-7-17(20(24)12-16)15-11-19-14(2)10-21-18(22(19)26-13-15)8-9-23(3,4)27-21;1-21(2)9-8-17-19(25-21)7-4-13-10-14(12-24-20(13)17)16-6-5-15(23-3)11-18(16)22/h5-8,14,16,18,26H,9-13,15H2,1-4H3;7-10,15,18,26H,4-6,11-14,16H2,1-3H3;6-7,11,13,16,25H,5,8-10,12,14H2,1-4H3;6-7,10,12,15,24H,5,8-9,11,13H2,1-4H3;4-7,11,14,22H,8-10,12H2,1-3H3/t2*18-;16-;15-;14-/m11111/s1. The summed E-state index contributed by atoms with van der Waals surface area (Å²) in [6.07, 6.45) is 19.4. The summed E-state index contributed by atoms with van der Waals surface area (Å²) in [5.74, 6) is 15.9. The fourth-order valence-electron chi connectivity index (χ4n) is 20.7. The minimum absolute atomic E-state index is 0.118. The maximum absolute atomic E-state index is 10.6. The van der Waals surface area contributed by atoms with Crippen LogP contribution in [-0.2, 0) is 64.2 Å². The van der Waals surface area contributed by atoms with Crippen molar-refractivity contribution in [2.45, 2.75) is 304 Å². The lowest BCUT2D eigenvalue weighted by molar-refractivity contribution is 0.0821. The molecule has 5 atom stereocenters. The quantitative estimate of drug-likeness (QED) is 0.0446. The fourth-order valence-corrected chi connectivity index (χ4v) is 20.7. The Hall–Kier alpha value is -11.8. The van der Waals surface area contributed by atoms with E-state index in [0.717, 1.165) is 219 Å². The Balaban J connectivity index is 0.000000125. The van der Waals surface area contributed by atoms with Crippen LogP contribution in [0.2, 0.25) is 0 Å². The van der Waals surface area contributed by atoms with Crippen LogP contribution in [0.15, 0.2) is 140 Å². The first-order valence-corrected chi connectivity index (χ1v) is 50.5. The van der Waals surface area contributed by atoms with E-state index in [1.54, 1.807) is 37.4 Å². The van der Waals surface area contributed by atoms with E-state index in [-0.39, 0.29) is 86.3 Å². The molecule has 0 aromatic heterocycles. The molecule has 0 aliphatic carbocycles. The normalized spacial score (nSPS) is 19.9. The lowest BCUT2D eigenvalue weighted by Gasteiger charge is -2.36. The lowest BCUT2D eigenvalue weighted by atomic mass is 9.84. The average Bonchev–Trinajstić information content (AvgIpc) is 0.771. The van der Waals surface area contributed by atoms with Crippen LogP contribution in [-0.4, -0.2) is 120 Å². The van der Waals surface area contributed by atoms with Gasteiger partial charge in [0.2, 0.25) is 0 Å². The van der Waals surface area contributed by atoms with Gasteiger partial charge < -0.3 is 96.6 Å². The van der Waals surface area contributed by atoms with Crippen molar-refractivity contribution < 1.29 is 96.6 Å². The molecule has 10 heterocycles. The van der Waals surface area contributed by atoms with E-state index in [1.165, 1.54) is 73.2 Å². The molecule has 10 aliphatic heterocycles. The maximum atomic E-state index is 10.6. The molecule has 5 N–H and O–H groups in total. The third-order valence-corrected chi connectivity index (χ3v) is 28.7. The molecule has 0 unspecified atom stereocenters. The van der Waals surface area contributed by atoms with Crippen molar-refractivity contribution in [2.75, 3.05) is 66.6 Å². The average molecular weight is 1880 g/mol. The topological polar surface area (TPSA) is 240 Å². The highest BCUT2D eigenvalue weighted by Gasteiger charge is 2.41. The van der Waals surface area contributed by atoms with E-state index in [1.807, 2.05) is 67.6 Å². The van der Waals surface area contributed by atoms with Gasteiger partial charge in [-0.2, -0.15) is 0 Å². The highest BCUT2D eigenvalue weighted by molar-refractivity contribution is 5.62. The van der Waals surface area contributed by atoms with Gasteiger partial charge in [0.25, 0.3) is 0 Å². The van der Waals surface area contributed by atoms with Crippen LogP contribution < -0.4 is 71.1 Å². The van der Waals surface area contributed by atoms with Gasteiger partial charge in [0.05, 0.1) is 66.6 Å². The van der Waals surface area contributed by atoms with Crippen LogP contribution in [0.5, 0.6) is 115 Å². The fraction of sp³-hybridized carbons (Fsp3) is 0.492. The minimum Gasteiger partial charge on any atom is -0.508 e. The van der Waals surface area contributed by atoms with Gasteiger partial charge in [-0.1, -0.05) is 89.1 Å². The van der Waals surface area contributed by atoms with E-state index in [9.17, 15) is 25.5 Å². The molecule has 20 nitrogen and oxygen atoms in total. The number of phenols is 5. The SMILES string of the molecule is CC(C)CCOc1ccc([C@H]2COc3c(ccc4c3CCC(C)(C)O4)C2)c(O)c1.CCCCCOc1ccc([C@H]2COc3c(ccc4c3CCC(C)(C)O4)C2)c(O)c1.CCCOc1ccc([C@H]2COc3c(c(C)cc4c3CCC(C)(C)O4)C2)c(O)c1.CCOc1ccc([C@H]2COc3c(c(C)cc4c3CCC(C)(C)O4)C2)c(O)c1.COc1ccc([C@H]2COc3c(ccc4c3CCC(C)(C)O4)C2)c(O)c1.